The van der Waals surface area contributed by atoms with Crippen LogP contribution in [0.1, 0.15) is 23.1 Å². The van der Waals surface area contributed by atoms with Gasteiger partial charge in [-0.2, -0.15) is 0 Å². The fourth-order valence-electron chi connectivity index (χ4n) is 2.16. The van der Waals surface area contributed by atoms with Crippen molar-refractivity contribution in [2.24, 2.45) is 0 Å². The molecule has 130 valence electrons. The Morgan fingerprint density at radius 3 is 2.40 bits per heavy atom. The molecule has 0 heterocycles. The van der Waals surface area contributed by atoms with Gasteiger partial charge in [0.25, 0.3) is 0 Å². The quantitative estimate of drug-likeness (QED) is 0.770. The lowest BCUT2D eigenvalue weighted by Gasteiger charge is -2.05. The highest BCUT2D eigenvalue weighted by atomic mass is 16.5. The van der Waals surface area contributed by atoms with Crippen LogP contribution in [-0.4, -0.2) is 23.7 Å². The highest BCUT2D eigenvalue weighted by molar-refractivity contribution is 5.68. The highest BCUT2D eigenvalue weighted by Gasteiger charge is 2.00. The molecular formula is C20H21NO4. The molecule has 25 heavy (non-hydrogen) atoms. The number of hydrogen-bond acceptors (Lipinski definition) is 3. The minimum atomic E-state index is -0.797. The van der Waals surface area contributed by atoms with Crippen molar-refractivity contribution < 1.29 is 19.4 Å². The second kappa shape index (κ2) is 9.93. The Kier molecular flexibility index (Phi) is 7.25. The number of amides is 1. The third kappa shape index (κ3) is 7.35. The van der Waals surface area contributed by atoms with Gasteiger partial charge >= 0.3 is 12.1 Å². The average molecular weight is 339 g/mol. The number of carboxylic acids is 1. The van der Waals surface area contributed by atoms with Crippen molar-refractivity contribution in [1.29, 1.82) is 0 Å². The first-order valence-corrected chi connectivity index (χ1v) is 8.05. The van der Waals surface area contributed by atoms with Crippen LogP contribution in [0.3, 0.4) is 0 Å². The van der Waals surface area contributed by atoms with Gasteiger partial charge in [-0.1, -0.05) is 66.7 Å². The van der Waals surface area contributed by atoms with Crippen molar-refractivity contribution in [3.63, 3.8) is 0 Å². The summed E-state index contributed by atoms with van der Waals surface area (Å²) in [5, 5.41) is 11.3. The monoisotopic (exact) mass is 339 g/mol. The predicted molar refractivity (Wildman–Crippen MR) is 96.1 cm³/mol. The van der Waals surface area contributed by atoms with Gasteiger partial charge in [0.15, 0.2) is 0 Å². The van der Waals surface area contributed by atoms with E-state index in [2.05, 4.69) is 5.32 Å². The maximum Gasteiger partial charge on any atom is 0.407 e. The van der Waals surface area contributed by atoms with Gasteiger partial charge in [0.1, 0.15) is 6.61 Å². The molecule has 0 fully saturated rings. The number of benzene rings is 2. The molecule has 5 nitrogen and oxygen atoms in total. The van der Waals surface area contributed by atoms with E-state index in [1.807, 2.05) is 66.7 Å². The Morgan fingerprint density at radius 2 is 1.72 bits per heavy atom. The van der Waals surface area contributed by atoms with E-state index < -0.39 is 12.1 Å². The summed E-state index contributed by atoms with van der Waals surface area (Å²) in [5.74, 6) is -0.797. The third-order valence-corrected chi connectivity index (χ3v) is 3.49. The van der Waals surface area contributed by atoms with Gasteiger partial charge in [-0.25, -0.2) is 4.79 Å². The molecular weight excluding hydrogens is 318 g/mol. The molecule has 0 aliphatic heterocycles. The van der Waals surface area contributed by atoms with Crippen molar-refractivity contribution in [2.75, 3.05) is 6.54 Å². The van der Waals surface area contributed by atoms with E-state index in [0.717, 1.165) is 16.7 Å². The van der Waals surface area contributed by atoms with Crippen LogP contribution in [0.4, 0.5) is 4.79 Å². The summed E-state index contributed by atoms with van der Waals surface area (Å²) in [5.41, 5.74) is 2.91. The zero-order valence-electron chi connectivity index (χ0n) is 13.9. The molecule has 0 bridgehead atoms. The molecule has 0 spiro atoms. The number of ether oxygens (including phenoxy) is 1. The largest absolute Gasteiger partial charge is 0.481 e. The Balaban J connectivity index is 1.68. The Bertz CT molecular complexity index is 708. The van der Waals surface area contributed by atoms with Crippen molar-refractivity contribution >= 4 is 18.1 Å². The standard InChI is InChI=1S/C20H21NO4/c22-19(23)13-12-17-10-8-16(9-11-17)7-4-14-21-20(24)25-15-18-5-2-1-3-6-18/h1-11H,12-15H2,(H,21,24)(H,22,23). The van der Waals surface area contributed by atoms with E-state index in [0.29, 0.717) is 13.0 Å². The Labute approximate surface area is 146 Å². The number of alkyl carbamates (subject to hydrolysis) is 1. The van der Waals surface area contributed by atoms with E-state index in [4.69, 9.17) is 9.84 Å². The molecule has 0 saturated carbocycles. The van der Waals surface area contributed by atoms with Crippen LogP contribution in [0.25, 0.3) is 6.08 Å². The number of nitrogens with one attached hydrogen (secondary N) is 1. The molecule has 0 unspecified atom stereocenters. The first-order valence-electron chi connectivity index (χ1n) is 8.05. The molecule has 0 aliphatic carbocycles. The molecule has 2 aromatic carbocycles. The summed E-state index contributed by atoms with van der Waals surface area (Å²) >= 11 is 0. The minimum absolute atomic E-state index is 0.129. The summed E-state index contributed by atoms with van der Waals surface area (Å²) in [6.07, 6.45) is 3.91. The van der Waals surface area contributed by atoms with Crippen LogP contribution in [0.15, 0.2) is 60.7 Å². The minimum Gasteiger partial charge on any atom is -0.481 e. The van der Waals surface area contributed by atoms with Gasteiger partial charge in [-0.15, -0.1) is 0 Å². The Hall–Kier alpha value is -3.08. The van der Waals surface area contributed by atoms with Crippen molar-refractivity contribution in [1.82, 2.24) is 5.32 Å². The van der Waals surface area contributed by atoms with Crippen molar-refractivity contribution in [3.05, 3.63) is 77.4 Å². The van der Waals surface area contributed by atoms with Gasteiger partial charge in [0.05, 0.1) is 0 Å². The summed E-state index contributed by atoms with van der Waals surface area (Å²) in [6.45, 7) is 0.614. The second-order valence-electron chi connectivity index (χ2n) is 5.48. The summed E-state index contributed by atoms with van der Waals surface area (Å²) in [4.78, 5) is 22.1. The molecule has 0 aromatic heterocycles. The fraction of sp³-hybridized carbons (Fsp3) is 0.200. The smallest absolute Gasteiger partial charge is 0.407 e. The van der Waals surface area contributed by atoms with Crippen molar-refractivity contribution in [3.8, 4) is 0 Å². The Morgan fingerprint density at radius 1 is 1.00 bits per heavy atom. The number of aliphatic carboxylic acids is 1. The van der Waals surface area contributed by atoms with Gasteiger partial charge in [-0.05, 0) is 23.1 Å². The van der Waals surface area contributed by atoms with E-state index in [1.165, 1.54) is 0 Å². The average Bonchev–Trinajstić information content (AvgIpc) is 2.63. The summed E-state index contributed by atoms with van der Waals surface area (Å²) in [7, 11) is 0. The molecule has 5 heteroatoms. The number of rotatable bonds is 8. The zero-order chi connectivity index (χ0) is 17.9. The van der Waals surface area contributed by atoms with Gasteiger partial charge in [0.2, 0.25) is 0 Å². The van der Waals surface area contributed by atoms with Crippen LogP contribution in [0.5, 0.6) is 0 Å². The van der Waals surface area contributed by atoms with E-state index >= 15 is 0 Å². The topological polar surface area (TPSA) is 75.6 Å². The van der Waals surface area contributed by atoms with E-state index in [1.54, 1.807) is 0 Å². The molecule has 2 N–H and O–H groups in total. The second-order valence-corrected chi connectivity index (χ2v) is 5.48. The molecule has 2 aromatic rings. The first kappa shape index (κ1) is 18.3. The van der Waals surface area contributed by atoms with Crippen LogP contribution < -0.4 is 5.32 Å². The number of hydrogen-bond donors (Lipinski definition) is 2. The van der Waals surface area contributed by atoms with Crippen LogP contribution in [0.2, 0.25) is 0 Å². The van der Waals surface area contributed by atoms with E-state index in [9.17, 15) is 9.59 Å². The fourth-order valence-corrected chi connectivity index (χ4v) is 2.16. The number of carbonyl (C=O) groups is 2. The van der Waals surface area contributed by atoms with Crippen LogP contribution in [0, 0.1) is 0 Å². The van der Waals surface area contributed by atoms with Gasteiger partial charge in [0, 0.05) is 13.0 Å². The number of carboxylic acid groups (broad SMARTS) is 1. The predicted octanol–water partition coefficient (Wildman–Crippen LogP) is 3.64. The molecule has 0 aliphatic rings. The number of aryl methyl sites for hydroxylation is 1. The summed E-state index contributed by atoms with van der Waals surface area (Å²) in [6, 6.07) is 17.1. The van der Waals surface area contributed by atoms with Gasteiger partial charge in [-0.3, -0.25) is 4.79 Å². The van der Waals surface area contributed by atoms with E-state index in [-0.39, 0.29) is 13.0 Å². The van der Waals surface area contributed by atoms with Crippen molar-refractivity contribution in [2.45, 2.75) is 19.4 Å². The zero-order valence-corrected chi connectivity index (χ0v) is 13.9. The maximum atomic E-state index is 11.6. The van der Waals surface area contributed by atoms with Crippen LogP contribution >= 0.6 is 0 Å². The highest BCUT2D eigenvalue weighted by Crippen LogP contribution is 2.08. The lowest BCUT2D eigenvalue weighted by molar-refractivity contribution is -0.136. The number of carbonyl (C=O) groups excluding carboxylic acids is 1. The first-order chi connectivity index (χ1) is 12.1. The molecule has 2 rings (SSSR count). The molecule has 0 saturated heterocycles. The molecule has 0 radical (unpaired) electrons. The lowest BCUT2D eigenvalue weighted by atomic mass is 10.1. The normalized spacial score (nSPS) is 10.6. The lowest BCUT2D eigenvalue weighted by Crippen LogP contribution is -2.24. The molecule has 1 amide bonds. The van der Waals surface area contributed by atoms with Gasteiger partial charge < -0.3 is 15.2 Å². The van der Waals surface area contributed by atoms with Crippen LogP contribution in [-0.2, 0) is 22.6 Å². The SMILES string of the molecule is O=C(O)CCc1ccc(C=CCNC(=O)OCc2ccccc2)cc1. The third-order valence-electron chi connectivity index (χ3n) is 3.49. The maximum absolute atomic E-state index is 11.6. The summed E-state index contributed by atoms with van der Waals surface area (Å²) < 4.78 is 5.11. The molecule has 0 atom stereocenters.